The highest BCUT2D eigenvalue weighted by atomic mass is 35.5. The van der Waals surface area contributed by atoms with Crippen molar-refractivity contribution in [2.24, 2.45) is 11.1 Å². The molecule has 1 aromatic rings. The summed E-state index contributed by atoms with van der Waals surface area (Å²) in [6.45, 7) is 5.38. The van der Waals surface area contributed by atoms with E-state index in [-0.39, 0.29) is 0 Å². The molecule has 0 heterocycles. The van der Waals surface area contributed by atoms with Crippen molar-refractivity contribution >= 4 is 11.6 Å². The third-order valence-electron chi connectivity index (χ3n) is 2.91. The second-order valence-electron chi connectivity index (χ2n) is 5.57. The van der Waals surface area contributed by atoms with E-state index < -0.39 is 34.3 Å². The lowest BCUT2D eigenvalue weighted by atomic mass is 9.82. The van der Waals surface area contributed by atoms with Crippen LogP contribution in [0.1, 0.15) is 37.9 Å². The van der Waals surface area contributed by atoms with E-state index in [1.807, 2.05) is 0 Å². The van der Waals surface area contributed by atoms with Gasteiger partial charge >= 0.3 is 6.18 Å². The molecule has 3 N–H and O–H groups in total. The summed E-state index contributed by atoms with van der Waals surface area (Å²) in [6, 6.07) is 2.49. The summed E-state index contributed by atoms with van der Waals surface area (Å²) in [5.41, 5.74) is 4.85. The summed E-state index contributed by atoms with van der Waals surface area (Å²) in [5, 5.41) is 9.62. The van der Waals surface area contributed by atoms with Crippen molar-refractivity contribution in [3.63, 3.8) is 0 Å². The average Bonchev–Trinajstić information content (AvgIpc) is 2.23. The molecule has 0 saturated carbocycles. The first-order valence-electron chi connectivity index (χ1n) is 5.75. The van der Waals surface area contributed by atoms with Crippen molar-refractivity contribution in [2.45, 2.75) is 39.1 Å². The van der Waals surface area contributed by atoms with E-state index in [0.717, 1.165) is 12.1 Å². The molecule has 0 unspecified atom stereocenters. The van der Waals surface area contributed by atoms with Crippen molar-refractivity contribution < 1.29 is 18.3 Å². The van der Waals surface area contributed by atoms with Gasteiger partial charge in [-0.3, -0.25) is 0 Å². The molecule has 0 aliphatic heterocycles. The lowest BCUT2D eigenvalue weighted by Crippen LogP contribution is -2.37. The Labute approximate surface area is 115 Å². The van der Waals surface area contributed by atoms with E-state index in [4.69, 9.17) is 17.3 Å². The van der Waals surface area contributed by atoms with E-state index >= 15 is 0 Å². The summed E-state index contributed by atoms with van der Waals surface area (Å²) in [5.74, 6) is 0. The van der Waals surface area contributed by atoms with Gasteiger partial charge in [0.15, 0.2) is 0 Å². The van der Waals surface area contributed by atoms with Crippen molar-refractivity contribution in [1.29, 1.82) is 0 Å². The molecule has 2 nitrogen and oxygen atoms in total. The van der Waals surface area contributed by atoms with Gasteiger partial charge in [-0.1, -0.05) is 38.4 Å². The fraction of sp³-hybridized carbons (Fsp3) is 0.538. The Balaban J connectivity index is 3.08. The maximum absolute atomic E-state index is 12.6. The fourth-order valence-electron chi connectivity index (χ4n) is 1.69. The third kappa shape index (κ3) is 3.84. The Bertz CT molecular complexity index is 454. The number of nitrogens with two attached hydrogens (primary N) is 1. The molecule has 0 saturated heterocycles. The molecule has 0 aliphatic rings. The second kappa shape index (κ2) is 5.31. The molecule has 0 spiro atoms. The van der Waals surface area contributed by atoms with E-state index in [2.05, 4.69) is 0 Å². The van der Waals surface area contributed by atoms with Gasteiger partial charge in [-0.15, -0.1) is 0 Å². The molecular formula is C13H17ClF3NO. The van der Waals surface area contributed by atoms with Gasteiger partial charge in [0.05, 0.1) is 22.7 Å². The van der Waals surface area contributed by atoms with Crippen molar-refractivity contribution in [1.82, 2.24) is 0 Å². The average molecular weight is 296 g/mol. The quantitative estimate of drug-likeness (QED) is 0.872. The molecule has 0 aliphatic carbocycles. The van der Waals surface area contributed by atoms with Gasteiger partial charge in [0, 0.05) is 0 Å². The van der Waals surface area contributed by atoms with Gasteiger partial charge in [0.2, 0.25) is 0 Å². The van der Waals surface area contributed by atoms with Crippen LogP contribution in [0.2, 0.25) is 5.02 Å². The maximum Gasteiger partial charge on any atom is 0.417 e. The predicted octanol–water partition coefficient (Wildman–Crippen LogP) is 3.77. The zero-order valence-corrected chi connectivity index (χ0v) is 11.7. The number of hydrogen-bond acceptors (Lipinski definition) is 2. The first kappa shape index (κ1) is 16.3. The number of rotatable bonds is 2. The van der Waals surface area contributed by atoms with Crippen LogP contribution in [0.25, 0.3) is 0 Å². The van der Waals surface area contributed by atoms with Gasteiger partial charge in [-0.2, -0.15) is 13.2 Å². The second-order valence-corrected chi connectivity index (χ2v) is 5.98. The fourth-order valence-corrected chi connectivity index (χ4v) is 1.99. The van der Waals surface area contributed by atoms with Gasteiger partial charge in [0.25, 0.3) is 0 Å². The van der Waals surface area contributed by atoms with E-state index in [1.54, 1.807) is 20.8 Å². The Kier molecular flexibility index (Phi) is 4.55. The highest BCUT2D eigenvalue weighted by Crippen LogP contribution is 2.37. The van der Waals surface area contributed by atoms with Crippen molar-refractivity contribution in [2.75, 3.05) is 0 Å². The van der Waals surface area contributed by atoms with Gasteiger partial charge in [-0.25, -0.2) is 0 Å². The topological polar surface area (TPSA) is 46.2 Å². The summed E-state index contributed by atoms with van der Waals surface area (Å²) in [4.78, 5) is 0. The molecule has 6 heteroatoms. The number of aliphatic hydroxyl groups is 1. The first-order chi connectivity index (χ1) is 8.44. The van der Waals surface area contributed by atoms with E-state index in [0.29, 0.717) is 5.56 Å². The van der Waals surface area contributed by atoms with Gasteiger partial charge < -0.3 is 10.8 Å². The van der Waals surface area contributed by atoms with Crippen molar-refractivity contribution in [3.05, 3.63) is 34.3 Å². The van der Waals surface area contributed by atoms with Crippen LogP contribution in [0.15, 0.2) is 18.2 Å². The number of halogens is 4. The van der Waals surface area contributed by atoms with Gasteiger partial charge in [0.1, 0.15) is 0 Å². The Morgan fingerprint density at radius 3 is 2.11 bits per heavy atom. The highest BCUT2D eigenvalue weighted by Gasteiger charge is 2.34. The number of benzene rings is 1. The first-order valence-corrected chi connectivity index (χ1v) is 6.12. The minimum Gasteiger partial charge on any atom is -0.391 e. The van der Waals surface area contributed by atoms with Crippen LogP contribution in [-0.2, 0) is 6.18 Å². The number of alkyl halides is 3. The standard InChI is InChI=1S/C13H17ClF3NO/c1-12(2,3)11(19)10(18)7-4-5-8(9(14)6-7)13(15,16)17/h4-6,10-11,19H,18H2,1-3H3/t10-,11-/m0/s1. The smallest absolute Gasteiger partial charge is 0.391 e. The Hall–Kier alpha value is -0.780. The lowest BCUT2D eigenvalue weighted by Gasteiger charge is -2.31. The molecule has 108 valence electrons. The summed E-state index contributed by atoms with van der Waals surface area (Å²) in [7, 11) is 0. The molecular weight excluding hydrogens is 279 g/mol. The van der Waals surface area contributed by atoms with Gasteiger partial charge in [-0.05, 0) is 23.1 Å². The Morgan fingerprint density at radius 1 is 1.21 bits per heavy atom. The number of aliphatic hydroxyl groups excluding tert-OH is 1. The largest absolute Gasteiger partial charge is 0.417 e. The van der Waals surface area contributed by atoms with Crippen LogP contribution in [0.5, 0.6) is 0 Å². The molecule has 1 aromatic carbocycles. The Morgan fingerprint density at radius 2 is 1.74 bits per heavy atom. The molecule has 19 heavy (non-hydrogen) atoms. The molecule has 0 bridgehead atoms. The minimum absolute atomic E-state index is 0.375. The van der Waals surface area contributed by atoms with Crippen LogP contribution in [0.3, 0.4) is 0 Å². The third-order valence-corrected chi connectivity index (χ3v) is 3.22. The number of hydrogen-bond donors (Lipinski definition) is 2. The minimum atomic E-state index is -4.50. The maximum atomic E-state index is 12.6. The lowest BCUT2D eigenvalue weighted by molar-refractivity contribution is -0.137. The van der Waals surface area contributed by atoms with Crippen LogP contribution in [0, 0.1) is 5.41 Å². The zero-order valence-electron chi connectivity index (χ0n) is 10.9. The van der Waals surface area contributed by atoms with E-state index in [9.17, 15) is 18.3 Å². The molecule has 1 rings (SSSR count). The summed E-state index contributed by atoms with van der Waals surface area (Å²) in [6.07, 6.45) is -5.39. The molecule has 2 atom stereocenters. The van der Waals surface area contributed by atoms with Crippen molar-refractivity contribution in [3.8, 4) is 0 Å². The zero-order chi connectivity index (χ0) is 15.0. The van der Waals surface area contributed by atoms with Crippen LogP contribution in [-0.4, -0.2) is 11.2 Å². The molecule has 0 aromatic heterocycles. The SMILES string of the molecule is CC(C)(C)[C@@H](O)[C@@H](N)c1ccc(C(F)(F)F)c(Cl)c1. The molecule has 0 amide bonds. The summed E-state index contributed by atoms with van der Waals surface area (Å²) >= 11 is 5.62. The normalized spacial score (nSPS) is 16.3. The molecule has 0 radical (unpaired) electrons. The van der Waals surface area contributed by atoms with E-state index in [1.165, 1.54) is 6.07 Å². The van der Waals surface area contributed by atoms with Crippen LogP contribution < -0.4 is 5.73 Å². The molecule has 0 fully saturated rings. The van der Waals surface area contributed by atoms with Crippen LogP contribution in [0.4, 0.5) is 13.2 Å². The predicted molar refractivity (Wildman–Crippen MR) is 68.8 cm³/mol. The van der Waals surface area contributed by atoms with Crippen LogP contribution >= 0.6 is 11.6 Å². The highest BCUT2D eigenvalue weighted by molar-refractivity contribution is 6.31. The summed E-state index contributed by atoms with van der Waals surface area (Å²) < 4.78 is 37.7. The monoisotopic (exact) mass is 295 g/mol.